The predicted molar refractivity (Wildman–Crippen MR) is 81.3 cm³/mol. The Bertz CT molecular complexity index is 658. The maximum Gasteiger partial charge on any atom is 0.270 e. The summed E-state index contributed by atoms with van der Waals surface area (Å²) in [5, 5.41) is 23.0. The first-order valence-electron chi connectivity index (χ1n) is 6.98. The van der Waals surface area contributed by atoms with Crippen molar-refractivity contribution >= 4 is 17.3 Å². The molecule has 1 aromatic carbocycles. The van der Waals surface area contributed by atoms with E-state index in [1.165, 1.54) is 18.2 Å². The third-order valence-electron chi connectivity index (χ3n) is 3.63. The van der Waals surface area contributed by atoms with Crippen LogP contribution in [-0.4, -0.2) is 33.9 Å². The quantitative estimate of drug-likeness (QED) is 0.682. The highest BCUT2D eigenvalue weighted by atomic mass is 16.6. The fraction of sp³-hybridized carbons (Fsp3) is 0.467. The van der Waals surface area contributed by atoms with Crippen molar-refractivity contribution in [3.8, 4) is 6.07 Å². The number of hydrogen-bond acceptors (Lipinski definition) is 5. The van der Waals surface area contributed by atoms with Crippen molar-refractivity contribution in [2.75, 3.05) is 11.9 Å². The van der Waals surface area contributed by atoms with E-state index in [1.807, 2.05) is 26.8 Å². The largest absolute Gasteiger partial charge is 0.379 e. The summed E-state index contributed by atoms with van der Waals surface area (Å²) in [6, 6.07) is 5.94. The van der Waals surface area contributed by atoms with Gasteiger partial charge in [0.25, 0.3) is 5.69 Å². The number of nitriles is 1. The van der Waals surface area contributed by atoms with Crippen LogP contribution in [0.2, 0.25) is 0 Å². The highest BCUT2D eigenvalue weighted by molar-refractivity contribution is 5.81. The molecule has 1 fully saturated rings. The van der Waals surface area contributed by atoms with E-state index >= 15 is 0 Å². The molecule has 0 saturated carbocycles. The van der Waals surface area contributed by atoms with Gasteiger partial charge in [0, 0.05) is 30.6 Å². The summed E-state index contributed by atoms with van der Waals surface area (Å²) in [6.45, 7) is 6.46. The molecule has 1 unspecified atom stereocenters. The molecule has 2 rings (SSSR count). The Labute approximate surface area is 128 Å². The standard InChI is InChI=1S/C15H18N4O3/c1-15(2,3)18-9-11(7-14(18)20)17-13-5-4-12(19(21)22)6-10(13)8-16/h4-6,11,17H,7,9H2,1-3H3. The van der Waals surface area contributed by atoms with Crippen molar-refractivity contribution < 1.29 is 9.72 Å². The molecule has 0 aromatic heterocycles. The van der Waals surface area contributed by atoms with E-state index in [4.69, 9.17) is 5.26 Å². The fourth-order valence-corrected chi connectivity index (χ4v) is 2.54. The van der Waals surface area contributed by atoms with Crippen molar-refractivity contribution in [3.63, 3.8) is 0 Å². The van der Waals surface area contributed by atoms with E-state index in [0.717, 1.165) is 0 Å². The molecule has 1 saturated heterocycles. The highest BCUT2D eigenvalue weighted by Gasteiger charge is 2.36. The van der Waals surface area contributed by atoms with Crippen LogP contribution >= 0.6 is 0 Å². The van der Waals surface area contributed by atoms with Gasteiger partial charge in [-0.25, -0.2) is 0 Å². The van der Waals surface area contributed by atoms with E-state index in [9.17, 15) is 14.9 Å². The molecule has 0 aliphatic carbocycles. The molecule has 0 spiro atoms. The zero-order valence-corrected chi connectivity index (χ0v) is 12.8. The van der Waals surface area contributed by atoms with Gasteiger partial charge in [-0.05, 0) is 26.8 Å². The molecule has 7 heteroatoms. The van der Waals surface area contributed by atoms with Crippen LogP contribution in [0.3, 0.4) is 0 Å². The summed E-state index contributed by atoms with van der Waals surface area (Å²) < 4.78 is 0. The molecule has 116 valence electrons. The minimum Gasteiger partial charge on any atom is -0.379 e. The second kappa shape index (κ2) is 5.64. The molecule has 1 N–H and O–H groups in total. The van der Waals surface area contributed by atoms with Gasteiger partial charge < -0.3 is 10.2 Å². The van der Waals surface area contributed by atoms with Crippen LogP contribution in [0.5, 0.6) is 0 Å². The number of amides is 1. The number of carbonyl (C=O) groups excluding carboxylic acids is 1. The average molecular weight is 302 g/mol. The van der Waals surface area contributed by atoms with Gasteiger partial charge in [-0.1, -0.05) is 0 Å². The van der Waals surface area contributed by atoms with Crippen molar-refractivity contribution in [1.29, 1.82) is 5.26 Å². The van der Waals surface area contributed by atoms with Gasteiger partial charge in [-0.3, -0.25) is 14.9 Å². The minimum absolute atomic E-state index is 0.0606. The van der Waals surface area contributed by atoms with E-state index in [0.29, 0.717) is 18.7 Å². The van der Waals surface area contributed by atoms with Crippen LogP contribution in [0.4, 0.5) is 11.4 Å². The third kappa shape index (κ3) is 3.17. The number of carbonyl (C=O) groups is 1. The van der Waals surface area contributed by atoms with E-state index in [-0.39, 0.29) is 28.7 Å². The molecule has 1 aliphatic heterocycles. The normalized spacial score (nSPS) is 18.2. The van der Waals surface area contributed by atoms with Crippen molar-refractivity contribution in [2.24, 2.45) is 0 Å². The van der Waals surface area contributed by atoms with Crippen LogP contribution in [0.25, 0.3) is 0 Å². The Hall–Kier alpha value is -2.62. The zero-order valence-electron chi connectivity index (χ0n) is 12.8. The van der Waals surface area contributed by atoms with Crippen LogP contribution in [0.1, 0.15) is 32.8 Å². The molecule has 0 radical (unpaired) electrons. The number of nitrogens with one attached hydrogen (secondary N) is 1. The monoisotopic (exact) mass is 302 g/mol. The van der Waals surface area contributed by atoms with Crippen LogP contribution < -0.4 is 5.32 Å². The maximum absolute atomic E-state index is 12.1. The minimum atomic E-state index is -0.537. The SMILES string of the molecule is CC(C)(C)N1CC(Nc2ccc([N+](=O)[O-])cc2C#N)CC1=O. The van der Waals surface area contributed by atoms with Crippen molar-refractivity contribution in [2.45, 2.75) is 38.8 Å². The van der Waals surface area contributed by atoms with E-state index in [1.54, 1.807) is 4.90 Å². The van der Waals surface area contributed by atoms with Crippen LogP contribution in [-0.2, 0) is 4.79 Å². The molecule has 0 bridgehead atoms. The Kier molecular flexibility index (Phi) is 4.04. The summed E-state index contributed by atoms with van der Waals surface area (Å²) in [7, 11) is 0. The van der Waals surface area contributed by atoms with Crippen molar-refractivity contribution in [3.05, 3.63) is 33.9 Å². The van der Waals surface area contributed by atoms with E-state index < -0.39 is 4.92 Å². The number of benzene rings is 1. The fourth-order valence-electron chi connectivity index (χ4n) is 2.54. The predicted octanol–water partition coefficient (Wildman–Crippen LogP) is 2.28. The lowest BCUT2D eigenvalue weighted by molar-refractivity contribution is -0.384. The number of nitro benzene ring substituents is 1. The Morgan fingerprint density at radius 3 is 2.64 bits per heavy atom. The maximum atomic E-state index is 12.1. The molecule has 7 nitrogen and oxygen atoms in total. The Morgan fingerprint density at radius 2 is 2.14 bits per heavy atom. The molecule has 1 atom stereocenters. The molecule has 1 heterocycles. The first kappa shape index (κ1) is 15.8. The number of hydrogen-bond donors (Lipinski definition) is 1. The number of likely N-dealkylation sites (tertiary alicyclic amines) is 1. The zero-order chi connectivity index (χ0) is 16.5. The first-order chi connectivity index (χ1) is 10.2. The van der Waals surface area contributed by atoms with Crippen molar-refractivity contribution in [1.82, 2.24) is 4.90 Å². The number of nitrogens with zero attached hydrogens (tertiary/aromatic N) is 3. The lowest BCUT2D eigenvalue weighted by atomic mass is 10.1. The second-order valence-electron chi connectivity index (χ2n) is 6.32. The molecule has 1 aliphatic rings. The van der Waals surface area contributed by atoms with Gasteiger partial charge >= 0.3 is 0 Å². The summed E-state index contributed by atoms with van der Waals surface area (Å²) in [4.78, 5) is 24.1. The van der Waals surface area contributed by atoms with Gasteiger partial charge in [-0.2, -0.15) is 5.26 Å². The number of nitro groups is 1. The summed E-state index contributed by atoms with van der Waals surface area (Å²) in [5.74, 6) is 0.0606. The van der Waals surface area contributed by atoms with Crippen LogP contribution in [0, 0.1) is 21.4 Å². The first-order valence-corrected chi connectivity index (χ1v) is 6.98. The molecule has 1 aromatic rings. The van der Waals surface area contributed by atoms with Gasteiger partial charge in [0.2, 0.25) is 5.91 Å². The van der Waals surface area contributed by atoms with Gasteiger partial charge in [0.05, 0.1) is 22.2 Å². The molecular weight excluding hydrogens is 284 g/mol. The molecule has 22 heavy (non-hydrogen) atoms. The lowest BCUT2D eigenvalue weighted by Crippen LogP contribution is -2.43. The number of anilines is 1. The highest BCUT2D eigenvalue weighted by Crippen LogP contribution is 2.27. The number of non-ortho nitro benzene ring substituents is 1. The lowest BCUT2D eigenvalue weighted by Gasteiger charge is -2.32. The van der Waals surface area contributed by atoms with E-state index in [2.05, 4.69) is 5.32 Å². The Balaban J connectivity index is 2.17. The summed E-state index contributed by atoms with van der Waals surface area (Å²) in [5.41, 5.74) is 0.347. The molecular formula is C15H18N4O3. The van der Waals surface area contributed by atoms with Gasteiger partial charge in [0.15, 0.2) is 0 Å². The van der Waals surface area contributed by atoms with Gasteiger partial charge in [0.1, 0.15) is 6.07 Å². The average Bonchev–Trinajstić information content (AvgIpc) is 2.79. The Morgan fingerprint density at radius 1 is 1.45 bits per heavy atom. The number of rotatable bonds is 3. The van der Waals surface area contributed by atoms with Crippen LogP contribution in [0.15, 0.2) is 18.2 Å². The summed E-state index contributed by atoms with van der Waals surface area (Å²) >= 11 is 0. The summed E-state index contributed by atoms with van der Waals surface area (Å²) in [6.07, 6.45) is 0.346. The topological polar surface area (TPSA) is 99.3 Å². The van der Waals surface area contributed by atoms with Gasteiger partial charge in [-0.15, -0.1) is 0 Å². The second-order valence-corrected chi connectivity index (χ2v) is 6.32. The smallest absolute Gasteiger partial charge is 0.270 e. The molecule has 1 amide bonds. The third-order valence-corrected chi connectivity index (χ3v) is 3.63.